The van der Waals surface area contributed by atoms with E-state index in [1.54, 1.807) is 7.11 Å². The molecule has 1 heterocycles. The highest BCUT2D eigenvalue weighted by molar-refractivity contribution is 9.10. The number of benzene rings is 2. The van der Waals surface area contributed by atoms with Crippen LogP contribution in [0.25, 0.3) is 0 Å². The molecule has 0 atom stereocenters. The Balaban J connectivity index is 1.57. The lowest BCUT2D eigenvalue weighted by atomic mass is 10.1. The third-order valence-electron chi connectivity index (χ3n) is 4.21. The lowest BCUT2D eigenvalue weighted by molar-refractivity contribution is -0.117. The summed E-state index contributed by atoms with van der Waals surface area (Å²) in [6.45, 7) is 2.33. The normalized spacial score (nSPS) is 14.2. The molecule has 1 amide bonds. The van der Waals surface area contributed by atoms with Crippen LogP contribution >= 0.6 is 15.9 Å². The molecule has 2 aromatic carbocycles. The molecule has 0 aromatic heterocycles. The maximum Gasteiger partial charge on any atom is 0.227 e. The van der Waals surface area contributed by atoms with Gasteiger partial charge in [0, 0.05) is 41.8 Å². The summed E-state index contributed by atoms with van der Waals surface area (Å²) in [6.07, 6.45) is 1.62. The van der Waals surface area contributed by atoms with Crippen molar-refractivity contribution < 1.29 is 9.53 Å². The van der Waals surface area contributed by atoms with Gasteiger partial charge in [0.15, 0.2) is 0 Å². The van der Waals surface area contributed by atoms with Crippen LogP contribution < -0.4 is 15.0 Å². The molecule has 2 aromatic rings. The summed E-state index contributed by atoms with van der Waals surface area (Å²) in [5.41, 5.74) is 3.31. The number of halogens is 1. The largest absolute Gasteiger partial charge is 0.496 e. The standard InChI is InChI=1S/C19H21BrN2O2/c1-24-18-9-6-16(20)11-15(18)13-21-12-14-4-7-17(8-5-14)22-10-2-3-19(22)23/h4-9,11,21H,2-3,10,12-13H2,1H3. The number of ether oxygens (including phenoxy) is 1. The maximum absolute atomic E-state index is 11.8. The maximum atomic E-state index is 11.8. The zero-order valence-corrected chi connectivity index (χ0v) is 15.3. The molecule has 4 nitrogen and oxygen atoms in total. The number of nitrogens with one attached hydrogen (secondary N) is 1. The van der Waals surface area contributed by atoms with Gasteiger partial charge < -0.3 is 15.0 Å². The van der Waals surface area contributed by atoms with Gasteiger partial charge in [-0.15, -0.1) is 0 Å². The molecule has 126 valence electrons. The number of hydrogen-bond acceptors (Lipinski definition) is 3. The summed E-state index contributed by atoms with van der Waals surface area (Å²) in [7, 11) is 1.69. The Morgan fingerprint density at radius 2 is 1.96 bits per heavy atom. The number of carbonyl (C=O) groups excluding carboxylic acids is 1. The van der Waals surface area contributed by atoms with Crippen LogP contribution in [0.4, 0.5) is 5.69 Å². The Labute approximate surface area is 150 Å². The van der Waals surface area contributed by atoms with Crippen molar-refractivity contribution in [3.8, 4) is 5.75 Å². The Bertz CT molecular complexity index is 716. The molecule has 1 saturated heterocycles. The molecule has 0 spiro atoms. The molecule has 0 saturated carbocycles. The van der Waals surface area contributed by atoms with Gasteiger partial charge in [0.1, 0.15) is 5.75 Å². The van der Waals surface area contributed by atoms with Crippen LogP contribution in [0.3, 0.4) is 0 Å². The highest BCUT2D eigenvalue weighted by atomic mass is 79.9. The summed E-state index contributed by atoms with van der Waals surface area (Å²) in [6, 6.07) is 14.2. The lowest BCUT2D eigenvalue weighted by Crippen LogP contribution is -2.23. The van der Waals surface area contributed by atoms with Gasteiger partial charge in [-0.25, -0.2) is 0 Å². The van der Waals surface area contributed by atoms with E-state index >= 15 is 0 Å². The quantitative estimate of drug-likeness (QED) is 0.816. The van der Waals surface area contributed by atoms with Crippen molar-refractivity contribution in [2.75, 3.05) is 18.6 Å². The second-order valence-electron chi connectivity index (χ2n) is 5.88. The van der Waals surface area contributed by atoms with Crippen molar-refractivity contribution >= 4 is 27.5 Å². The Kier molecular flexibility index (Phi) is 5.53. The van der Waals surface area contributed by atoms with Crippen LogP contribution in [0, 0.1) is 0 Å². The lowest BCUT2D eigenvalue weighted by Gasteiger charge is -2.16. The molecule has 1 N–H and O–H groups in total. The molecule has 3 rings (SSSR count). The summed E-state index contributed by atoms with van der Waals surface area (Å²) in [4.78, 5) is 13.6. The van der Waals surface area contributed by atoms with Gasteiger partial charge in [-0.2, -0.15) is 0 Å². The molecule has 1 aliphatic rings. The fourth-order valence-corrected chi connectivity index (χ4v) is 3.35. The minimum absolute atomic E-state index is 0.225. The number of carbonyl (C=O) groups is 1. The van der Waals surface area contributed by atoms with E-state index in [9.17, 15) is 4.79 Å². The monoisotopic (exact) mass is 388 g/mol. The second kappa shape index (κ2) is 7.81. The molecule has 0 radical (unpaired) electrons. The average Bonchev–Trinajstić information content (AvgIpc) is 3.02. The minimum Gasteiger partial charge on any atom is -0.496 e. The van der Waals surface area contributed by atoms with Gasteiger partial charge in [-0.3, -0.25) is 4.79 Å². The van der Waals surface area contributed by atoms with Crippen LogP contribution in [0.1, 0.15) is 24.0 Å². The van der Waals surface area contributed by atoms with E-state index in [2.05, 4.69) is 39.4 Å². The molecular formula is C19H21BrN2O2. The number of rotatable bonds is 6. The van der Waals surface area contributed by atoms with Crippen molar-refractivity contribution in [3.63, 3.8) is 0 Å². The number of hydrogen-bond donors (Lipinski definition) is 1. The van der Waals surface area contributed by atoms with Crippen LogP contribution in [-0.4, -0.2) is 19.6 Å². The Hall–Kier alpha value is -1.85. The van der Waals surface area contributed by atoms with Crippen molar-refractivity contribution in [1.29, 1.82) is 0 Å². The van der Waals surface area contributed by atoms with Gasteiger partial charge >= 0.3 is 0 Å². The van der Waals surface area contributed by atoms with E-state index < -0.39 is 0 Å². The highest BCUT2D eigenvalue weighted by Gasteiger charge is 2.21. The molecule has 0 aliphatic carbocycles. The first-order valence-corrected chi connectivity index (χ1v) is 8.89. The topological polar surface area (TPSA) is 41.6 Å². The molecule has 5 heteroatoms. The Morgan fingerprint density at radius 1 is 1.17 bits per heavy atom. The van der Waals surface area contributed by atoms with E-state index in [1.165, 1.54) is 5.56 Å². The van der Waals surface area contributed by atoms with Gasteiger partial charge in [-0.1, -0.05) is 28.1 Å². The van der Waals surface area contributed by atoms with Crippen molar-refractivity contribution in [2.24, 2.45) is 0 Å². The minimum atomic E-state index is 0.225. The third-order valence-corrected chi connectivity index (χ3v) is 4.70. The van der Waals surface area contributed by atoms with Gasteiger partial charge in [0.25, 0.3) is 0 Å². The summed E-state index contributed by atoms with van der Waals surface area (Å²) in [5.74, 6) is 1.11. The van der Waals surface area contributed by atoms with E-state index in [0.29, 0.717) is 6.42 Å². The molecule has 1 aliphatic heterocycles. The van der Waals surface area contributed by atoms with E-state index in [1.807, 2.05) is 29.2 Å². The predicted molar refractivity (Wildman–Crippen MR) is 99.3 cm³/mol. The summed E-state index contributed by atoms with van der Waals surface area (Å²) in [5, 5.41) is 3.44. The fraction of sp³-hybridized carbons (Fsp3) is 0.316. The molecule has 0 bridgehead atoms. The number of amides is 1. The van der Waals surface area contributed by atoms with Gasteiger partial charge in [0.05, 0.1) is 7.11 Å². The first kappa shape index (κ1) is 17.0. The van der Waals surface area contributed by atoms with Crippen LogP contribution in [0.5, 0.6) is 5.75 Å². The van der Waals surface area contributed by atoms with Gasteiger partial charge in [-0.05, 0) is 42.3 Å². The number of nitrogens with zero attached hydrogens (tertiary/aromatic N) is 1. The van der Waals surface area contributed by atoms with Crippen molar-refractivity contribution in [2.45, 2.75) is 25.9 Å². The average molecular weight is 389 g/mol. The van der Waals surface area contributed by atoms with Crippen molar-refractivity contribution in [1.82, 2.24) is 5.32 Å². The fourth-order valence-electron chi connectivity index (χ4n) is 2.94. The predicted octanol–water partition coefficient (Wildman–Crippen LogP) is 3.87. The summed E-state index contributed by atoms with van der Waals surface area (Å²) >= 11 is 3.49. The number of anilines is 1. The van der Waals surface area contributed by atoms with E-state index in [-0.39, 0.29) is 5.91 Å². The molecule has 0 unspecified atom stereocenters. The number of methoxy groups -OCH3 is 1. The molecule has 1 fully saturated rings. The van der Waals surface area contributed by atoms with E-state index in [4.69, 9.17) is 4.74 Å². The van der Waals surface area contributed by atoms with E-state index in [0.717, 1.165) is 47.5 Å². The summed E-state index contributed by atoms with van der Waals surface area (Å²) < 4.78 is 6.43. The third kappa shape index (κ3) is 3.97. The Morgan fingerprint density at radius 3 is 2.62 bits per heavy atom. The first-order valence-electron chi connectivity index (χ1n) is 8.10. The smallest absolute Gasteiger partial charge is 0.227 e. The van der Waals surface area contributed by atoms with Crippen LogP contribution in [-0.2, 0) is 17.9 Å². The zero-order valence-electron chi connectivity index (χ0n) is 13.7. The second-order valence-corrected chi connectivity index (χ2v) is 6.79. The van der Waals surface area contributed by atoms with Crippen LogP contribution in [0.15, 0.2) is 46.9 Å². The van der Waals surface area contributed by atoms with Crippen molar-refractivity contribution in [3.05, 3.63) is 58.1 Å². The zero-order chi connectivity index (χ0) is 16.9. The van der Waals surface area contributed by atoms with Crippen LogP contribution in [0.2, 0.25) is 0 Å². The molecule has 24 heavy (non-hydrogen) atoms. The molecular weight excluding hydrogens is 368 g/mol. The SMILES string of the molecule is COc1ccc(Br)cc1CNCc1ccc(N2CCCC2=O)cc1. The highest BCUT2D eigenvalue weighted by Crippen LogP contribution is 2.23. The first-order chi connectivity index (χ1) is 11.7. The van der Waals surface area contributed by atoms with Gasteiger partial charge in [0.2, 0.25) is 5.91 Å².